The Labute approximate surface area is 192 Å². The van der Waals surface area contributed by atoms with Crippen LogP contribution in [0.5, 0.6) is 0 Å². The van der Waals surface area contributed by atoms with Crippen LogP contribution >= 0.6 is 0 Å². The molecule has 0 aliphatic carbocycles. The van der Waals surface area contributed by atoms with Crippen LogP contribution in [0.25, 0.3) is 0 Å². The Balaban J connectivity index is 2.00. The molecule has 2 nitrogen and oxygen atoms in total. The summed E-state index contributed by atoms with van der Waals surface area (Å²) in [6.45, 7) is 4.30. The van der Waals surface area contributed by atoms with Crippen molar-refractivity contribution in [3.05, 3.63) is 125 Å². The minimum atomic E-state index is -4.32. The van der Waals surface area contributed by atoms with E-state index in [0.717, 1.165) is 16.7 Å². The van der Waals surface area contributed by atoms with E-state index in [0.29, 0.717) is 11.5 Å². The van der Waals surface area contributed by atoms with Crippen LogP contribution in [-0.4, -0.2) is 15.7 Å². The molecule has 0 aliphatic heterocycles. The van der Waals surface area contributed by atoms with Gasteiger partial charge in [0.1, 0.15) is 11.4 Å². The van der Waals surface area contributed by atoms with E-state index in [-0.39, 0.29) is 6.42 Å². The lowest BCUT2D eigenvalue weighted by Gasteiger charge is -2.38. The summed E-state index contributed by atoms with van der Waals surface area (Å²) in [5, 5.41) is 0. The molecular formula is C28H27F3N2. The van der Waals surface area contributed by atoms with Crippen molar-refractivity contribution in [1.82, 2.24) is 9.55 Å². The van der Waals surface area contributed by atoms with E-state index >= 15 is 0 Å². The standard InChI is InChI=1S/C28H27F3N2/c1-21-32-25(19-26(2,3)28(29,30)31)20-33(21)27(22-13-7-4-8-14-22,23-15-9-5-10-16-23)24-17-11-6-12-18-24/h4-18,20H,19H2,1-3H3. The highest BCUT2D eigenvalue weighted by atomic mass is 19.4. The van der Waals surface area contributed by atoms with Gasteiger partial charge in [-0.25, -0.2) is 4.98 Å². The minimum absolute atomic E-state index is 0.196. The number of rotatable bonds is 6. The predicted molar refractivity (Wildman–Crippen MR) is 125 cm³/mol. The van der Waals surface area contributed by atoms with Crippen molar-refractivity contribution in [2.24, 2.45) is 5.41 Å². The van der Waals surface area contributed by atoms with E-state index in [9.17, 15) is 13.2 Å². The van der Waals surface area contributed by atoms with Gasteiger partial charge in [0.05, 0.1) is 11.1 Å². The lowest BCUT2D eigenvalue weighted by atomic mass is 9.76. The molecule has 0 spiro atoms. The number of alkyl halides is 3. The molecule has 4 rings (SSSR count). The number of nitrogens with zero attached hydrogens (tertiary/aromatic N) is 2. The Kier molecular flexibility index (Phi) is 5.91. The smallest absolute Gasteiger partial charge is 0.316 e. The molecular weight excluding hydrogens is 421 g/mol. The first kappa shape index (κ1) is 22.8. The van der Waals surface area contributed by atoms with Gasteiger partial charge in [0.2, 0.25) is 0 Å². The van der Waals surface area contributed by atoms with Crippen LogP contribution in [0.3, 0.4) is 0 Å². The number of aromatic nitrogens is 2. The molecule has 0 radical (unpaired) electrons. The molecule has 0 amide bonds. The molecule has 0 N–H and O–H groups in total. The van der Waals surface area contributed by atoms with Crippen LogP contribution in [0, 0.1) is 12.3 Å². The van der Waals surface area contributed by atoms with Gasteiger partial charge in [-0.2, -0.15) is 13.2 Å². The highest BCUT2D eigenvalue weighted by Crippen LogP contribution is 2.43. The van der Waals surface area contributed by atoms with Crippen LogP contribution in [-0.2, 0) is 12.0 Å². The van der Waals surface area contributed by atoms with Crippen LogP contribution < -0.4 is 0 Å². The highest BCUT2D eigenvalue weighted by Gasteiger charge is 2.48. The zero-order valence-corrected chi connectivity index (χ0v) is 19.0. The zero-order valence-electron chi connectivity index (χ0n) is 19.0. The van der Waals surface area contributed by atoms with Gasteiger partial charge in [0.15, 0.2) is 0 Å². The van der Waals surface area contributed by atoms with Gasteiger partial charge in [-0.15, -0.1) is 0 Å². The normalized spacial score (nSPS) is 12.7. The molecule has 170 valence electrons. The van der Waals surface area contributed by atoms with Gasteiger partial charge in [-0.3, -0.25) is 0 Å². The van der Waals surface area contributed by atoms with Crippen molar-refractivity contribution in [2.45, 2.75) is 38.9 Å². The monoisotopic (exact) mass is 448 g/mol. The third-order valence-electron chi connectivity index (χ3n) is 6.26. The first-order valence-electron chi connectivity index (χ1n) is 10.9. The number of aryl methyl sites for hydroxylation is 1. The number of hydrogen-bond acceptors (Lipinski definition) is 1. The van der Waals surface area contributed by atoms with E-state index in [1.165, 1.54) is 13.8 Å². The molecule has 0 unspecified atom stereocenters. The maximum absolute atomic E-state index is 13.6. The summed E-state index contributed by atoms with van der Waals surface area (Å²) in [5.74, 6) is 0.652. The van der Waals surface area contributed by atoms with E-state index in [2.05, 4.69) is 41.4 Å². The summed E-state index contributed by atoms with van der Waals surface area (Å²) >= 11 is 0. The predicted octanol–water partition coefficient (Wildman–Crippen LogP) is 7.16. The molecule has 3 aromatic carbocycles. The third kappa shape index (κ3) is 4.08. The number of benzene rings is 3. The average Bonchev–Trinajstić information content (AvgIpc) is 3.15. The van der Waals surface area contributed by atoms with Gasteiger partial charge in [0, 0.05) is 12.6 Å². The third-order valence-corrected chi connectivity index (χ3v) is 6.26. The van der Waals surface area contributed by atoms with Gasteiger partial charge < -0.3 is 4.57 Å². The molecule has 0 fully saturated rings. The van der Waals surface area contributed by atoms with Crippen molar-refractivity contribution < 1.29 is 13.2 Å². The summed E-state index contributed by atoms with van der Waals surface area (Å²) in [4.78, 5) is 4.61. The second kappa shape index (κ2) is 8.54. The molecule has 33 heavy (non-hydrogen) atoms. The lowest BCUT2D eigenvalue weighted by Crippen LogP contribution is -2.38. The Bertz CT molecular complexity index is 1100. The Hall–Kier alpha value is -3.34. The maximum atomic E-state index is 13.6. The highest BCUT2D eigenvalue weighted by molar-refractivity contribution is 5.51. The number of halogens is 3. The van der Waals surface area contributed by atoms with Crippen molar-refractivity contribution in [3.63, 3.8) is 0 Å². The molecule has 0 atom stereocenters. The van der Waals surface area contributed by atoms with E-state index < -0.39 is 17.1 Å². The van der Waals surface area contributed by atoms with Crippen molar-refractivity contribution in [3.8, 4) is 0 Å². The molecule has 1 aromatic heterocycles. The second-order valence-corrected chi connectivity index (χ2v) is 9.02. The Morgan fingerprint density at radius 3 is 1.45 bits per heavy atom. The lowest BCUT2D eigenvalue weighted by molar-refractivity contribution is -0.211. The Morgan fingerprint density at radius 1 is 0.697 bits per heavy atom. The quantitative estimate of drug-likeness (QED) is 0.286. The van der Waals surface area contributed by atoms with Crippen molar-refractivity contribution in [2.75, 3.05) is 0 Å². The van der Waals surface area contributed by atoms with Crippen LogP contribution in [0.2, 0.25) is 0 Å². The molecule has 4 aromatic rings. The first-order valence-corrected chi connectivity index (χ1v) is 10.9. The zero-order chi connectivity index (χ0) is 23.7. The van der Waals surface area contributed by atoms with Gasteiger partial charge in [-0.1, -0.05) is 105 Å². The van der Waals surface area contributed by atoms with E-state index in [4.69, 9.17) is 0 Å². The summed E-state index contributed by atoms with van der Waals surface area (Å²) in [7, 11) is 0. The molecule has 0 saturated carbocycles. The number of hydrogen-bond donors (Lipinski definition) is 0. The topological polar surface area (TPSA) is 17.8 Å². The first-order chi connectivity index (χ1) is 15.7. The molecule has 5 heteroatoms. The molecule has 0 aliphatic rings. The number of imidazole rings is 1. The molecule has 0 saturated heterocycles. The SMILES string of the molecule is Cc1nc(CC(C)(C)C(F)(F)F)cn1C(c1ccccc1)(c1ccccc1)c1ccccc1. The fourth-order valence-electron chi connectivity index (χ4n) is 4.47. The summed E-state index contributed by atoms with van der Waals surface area (Å²) in [5.41, 5.74) is 0.759. The molecule has 1 heterocycles. The van der Waals surface area contributed by atoms with Gasteiger partial charge >= 0.3 is 6.18 Å². The van der Waals surface area contributed by atoms with E-state index in [1.54, 1.807) is 6.20 Å². The van der Waals surface area contributed by atoms with Gasteiger partial charge in [0.25, 0.3) is 0 Å². The van der Waals surface area contributed by atoms with Gasteiger partial charge in [-0.05, 0) is 23.6 Å². The van der Waals surface area contributed by atoms with Crippen LogP contribution in [0.1, 0.15) is 42.1 Å². The fourth-order valence-corrected chi connectivity index (χ4v) is 4.47. The average molecular weight is 449 g/mol. The van der Waals surface area contributed by atoms with Crippen molar-refractivity contribution in [1.29, 1.82) is 0 Å². The van der Waals surface area contributed by atoms with E-state index in [1.807, 2.05) is 66.1 Å². The van der Waals surface area contributed by atoms with Crippen LogP contribution in [0.15, 0.2) is 97.2 Å². The van der Waals surface area contributed by atoms with Crippen LogP contribution in [0.4, 0.5) is 13.2 Å². The maximum Gasteiger partial charge on any atom is 0.394 e. The summed E-state index contributed by atoms with van der Waals surface area (Å²) in [6, 6.07) is 30.1. The largest absolute Gasteiger partial charge is 0.394 e. The fraction of sp³-hybridized carbons (Fsp3) is 0.250. The minimum Gasteiger partial charge on any atom is -0.316 e. The Morgan fingerprint density at radius 2 is 1.09 bits per heavy atom. The summed E-state index contributed by atoms with van der Waals surface area (Å²) in [6.07, 6.45) is -2.73. The second-order valence-electron chi connectivity index (χ2n) is 9.02. The summed E-state index contributed by atoms with van der Waals surface area (Å²) < 4.78 is 42.9. The van der Waals surface area contributed by atoms with Crippen molar-refractivity contribution >= 4 is 0 Å². The molecule has 0 bridgehead atoms.